The van der Waals surface area contributed by atoms with Gasteiger partial charge >= 0.3 is 11.9 Å². The van der Waals surface area contributed by atoms with Crippen molar-refractivity contribution in [3.63, 3.8) is 0 Å². The number of hydrogen-bond acceptors (Lipinski definition) is 4. The van der Waals surface area contributed by atoms with Crippen molar-refractivity contribution in [3.05, 3.63) is 0 Å². The number of ether oxygens (including phenoxy) is 1. The average Bonchev–Trinajstić information content (AvgIpc) is 1.95. The molecule has 5 heteroatoms. The lowest BCUT2D eigenvalue weighted by Crippen LogP contribution is -2.30. The third-order valence-corrected chi connectivity index (χ3v) is 1.14. The Balaban J connectivity index is 0. The molecule has 0 aromatic carbocycles. The van der Waals surface area contributed by atoms with E-state index in [2.05, 4.69) is 4.74 Å². The number of carbonyl (C=O) groups is 2. The van der Waals surface area contributed by atoms with Crippen LogP contribution in [-0.4, -0.2) is 28.7 Å². The van der Waals surface area contributed by atoms with E-state index < -0.39 is 18.0 Å². The van der Waals surface area contributed by atoms with Crippen LogP contribution in [0.1, 0.15) is 41.5 Å². The molecule has 0 bridgehead atoms. The first-order chi connectivity index (χ1) is 6.95. The monoisotopic (exact) mass is 233 g/mol. The minimum absolute atomic E-state index is 0. The van der Waals surface area contributed by atoms with Crippen molar-refractivity contribution < 1.29 is 19.4 Å². The van der Waals surface area contributed by atoms with Crippen LogP contribution in [0.15, 0.2) is 0 Å². The molecule has 3 N–H and O–H groups in total. The quantitative estimate of drug-likeness (QED) is 0.719. The fourth-order valence-corrected chi connectivity index (χ4v) is 0.650. The minimum atomic E-state index is -1.10. The summed E-state index contributed by atoms with van der Waals surface area (Å²) in [6, 6.07) is 0. The van der Waals surface area contributed by atoms with Crippen LogP contribution in [0.3, 0.4) is 0 Å². The second-order valence-corrected chi connectivity index (χ2v) is 4.98. The summed E-state index contributed by atoms with van der Waals surface area (Å²) in [6.45, 7) is 10.5. The van der Waals surface area contributed by atoms with E-state index in [0.717, 1.165) is 0 Å². The number of nitrogens with two attached hydrogens (primary N) is 1. The zero-order valence-electron chi connectivity index (χ0n) is 10.9. The maximum absolute atomic E-state index is 10.4. The fraction of sp³-hybridized carbons (Fsp3) is 0.818. The van der Waals surface area contributed by atoms with Crippen molar-refractivity contribution >= 4 is 11.9 Å². The molecule has 1 atom stereocenters. The van der Waals surface area contributed by atoms with Gasteiger partial charge in [-0.2, -0.15) is 0 Å². The van der Waals surface area contributed by atoms with Crippen molar-refractivity contribution in [2.75, 3.05) is 0 Å². The summed E-state index contributed by atoms with van der Waals surface area (Å²) in [7, 11) is 0. The predicted molar refractivity (Wildman–Crippen MR) is 62.0 cm³/mol. The highest BCUT2D eigenvalue weighted by Crippen LogP contribution is 2.06. The highest BCUT2D eigenvalue weighted by molar-refractivity contribution is 5.77. The molecule has 0 aliphatic heterocycles. The number of carboxylic acid groups (broad SMARTS) is 1. The number of carbonyl (C=O) groups excluding carboxylic acids is 1. The van der Waals surface area contributed by atoms with E-state index in [1.165, 1.54) is 6.92 Å². The fourth-order valence-electron chi connectivity index (χ4n) is 0.650. The molecule has 0 fully saturated rings. The second-order valence-electron chi connectivity index (χ2n) is 4.98. The summed E-state index contributed by atoms with van der Waals surface area (Å²) in [6.07, 6.45) is -1.02. The molecular weight excluding hydrogens is 210 g/mol. The minimum Gasteiger partial charge on any atom is -0.478 e. The Morgan fingerprint density at radius 1 is 1.25 bits per heavy atom. The highest BCUT2D eigenvalue weighted by Gasteiger charge is 2.23. The van der Waals surface area contributed by atoms with Gasteiger partial charge in [-0.25, -0.2) is 4.79 Å². The maximum atomic E-state index is 10.4. The zero-order valence-corrected chi connectivity index (χ0v) is 10.9. The van der Waals surface area contributed by atoms with Crippen LogP contribution in [-0.2, 0) is 14.3 Å². The molecule has 0 saturated carbocycles. The van der Waals surface area contributed by atoms with Gasteiger partial charge in [-0.05, 0) is 20.8 Å². The standard InChI is InChI=1S/C7H12O4.C4H11N/c1-4(2)6(7(9)10)11-5(3)8;1-4(2,3)5/h4,6H,1-3H3,(H,9,10);5H2,1-3H3/t6-;/m0./s1. The van der Waals surface area contributed by atoms with E-state index in [0.29, 0.717) is 0 Å². The van der Waals surface area contributed by atoms with E-state index in [1.54, 1.807) is 13.8 Å². The van der Waals surface area contributed by atoms with Gasteiger partial charge in [0.15, 0.2) is 0 Å². The molecule has 0 amide bonds. The van der Waals surface area contributed by atoms with Crippen LogP contribution < -0.4 is 5.73 Å². The van der Waals surface area contributed by atoms with Crippen molar-refractivity contribution in [1.82, 2.24) is 0 Å². The van der Waals surface area contributed by atoms with Crippen molar-refractivity contribution in [2.24, 2.45) is 11.7 Å². The lowest BCUT2D eigenvalue weighted by atomic mass is 10.1. The average molecular weight is 233 g/mol. The first kappa shape index (κ1) is 17.3. The molecular formula is C11H23NO4. The Kier molecular flexibility index (Phi) is 7.81. The van der Waals surface area contributed by atoms with Crippen LogP contribution in [0, 0.1) is 5.92 Å². The summed E-state index contributed by atoms with van der Waals surface area (Å²) < 4.78 is 4.53. The van der Waals surface area contributed by atoms with Crippen molar-refractivity contribution in [2.45, 2.75) is 53.2 Å². The van der Waals surface area contributed by atoms with Crippen LogP contribution in [0.5, 0.6) is 0 Å². The van der Waals surface area contributed by atoms with Gasteiger partial charge in [0.05, 0.1) is 0 Å². The van der Waals surface area contributed by atoms with E-state index in [1.807, 2.05) is 20.8 Å². The number of esters is 1. The van der Waals surface area contributed by atoms with Crippen LogP contribution in [0.2, 0.25) is 0 Å². The third kappa shape index (κ3) is 15.4. The van der Waals surface area contributed by atoms with Gasteiger partial charge in [0, 0.05) is 18.4 Å². The molecule has 0 heterocycles. The largest absolute Gasteiger partial charge is 0.478 e. The Bertz CT molecular complexity index is 225. The molecule has 0 aliphatic rings. The van der Waals surface area contributed by atoms with E-state index in [4.69, 9.17) is 10.8 Å². The molecule has 0 aromatic rings. The molecule has 16 heavy (non-hydrogen) atoms. The molecule has 0 aromatic heterocycles. The Morgan fingerprint density at radius 2 is 1.56 bits per heavy atom. The molecule has 0 aliphatic carbocycles. The van der Waals surface area contributed by atoms with Gasteiger partial charge in [0.1, 0.15) is 0 Å². The number of aliphatic carboxylic acids is 1. The maximum Gasteiger partial charge on any atom is 0.345 e. The topological polar surface area (TPSA) is 89.6 Å². The van der Waals surface area contributed by atoms with Gasteiger partial charge in [0.2, 0.25) is 6.10 Å². The van der Waals surface area contributed by atoms with Crippen LogP contribution >= 0.6 is 0 Å². The van der Waals surface area contributed by atoms with E-state index in [-0.39, 0.29) is 11.5 Å². The van der Waals surface area contributed by atoms with Gasteiger partial charge < -0.3 is 15.6 Å². The first-order valence-electron chi connectivity index (χ1n) is 5.14. The summed E-state index contributed by atoms with van der Waals surface area (Å²) in [5.41, 5.74) is 5.35. The Hall–Kier alpha value is -1.10. The summed E-state index contributed by atoms with van der Waals surface area (Å²) in [5, 5.41) is 8.52. The Morgan fingerprint density at radius 3 is 1.62 bits per heavy atom. The van der Waals surface area contributed by atoms with Crippen molar-refractivity contribution in [3.8, 4) is 0 Å². The normalized spacial score (nSPS) is 12.5. The van der Waals surface area contributed by atoms with Crippen LogP contribution in [0.25, 0.3) is 0 Å². The molecule has 0 unspecified atom stereocenters. The zero-order chi connectivity index (χ0) is 13.5. The molecule has 0 spiro atoms. The van der Waals surface area contributed by atoms with E-state index >= 15 is 0 Å². The Labute approximate surface area is 97.0 Å². The highest BCUT2D eigenvalue weighted by atomic mass is 16.6. The molecule has 0 saturated heterocycles. The lowest BCUT2D eigenvalue weighted by molar-refractivity contribution is -0.165. The summed E-state index contributed by atoms with van der Waals surface area (Å²) >= 11 is 0. The molecule has 0 rings (SSSR count). The number of rotatable bonds is 3. The SMILES string of the molecule is CC(=O)O[C@H](C(=O)O)C(C)C.CC(C)(C)N. The van der Waals surface area contributed by atoms with Gasteiger partial charge in [-0.15, -0.1) is 0 Å². The van der Waals surface area contributed by atoms with Crippen LogP contribution in [0.4, 0.5) is 0 Å². The van der Waals surface area contributed by atoms with Gasteiger partial charge in [-0.3, -0.25) is 4.79 Å². The van der Waals surface area contributed by atoms with Crippen molar-refractivity contribution in [1.29, 1.82) is 0 Å². The number of hydrogen-bond donors (Lipinski definition) is 2. The van der Waals surface area contributed by atoms with E-state index in [9.17, 15) is 9.59 Å². The lowest BCUT2D eigenvalue weighted by Gasteiger charge is -2.15. The third-order valence-electron chi connectivity index (χ3n) is 1.14. The molecule has 5 nitrogen and oxygen atoms in total. The number of carboxylic acids is 1. The smallest absolute Gasteiger partial charge is 0.345 e. The first-order valence-corrected chi connectivity index (χ1v) is 5.14. The van der Waals surface area contributed by atoms with Gasteiger partial charge in [-0.1, -0.05) is 13.8 Å². The van der Waals surface area contributed by atoms with Gasteiger partial charge in [0.25, 0.3) is 0 Å². The second kappa shape index (κ2) is 7.22. The molecule has 0 radical (unpaired) electrons. The summed E-state index contributed by atoms with van der Waals surface area (Å²) in [4.78, 5) is 20.8. The predicted octanol–water partition coefficient (Wildman–Crippen LogP) is 1.40. The summed E-state index contributed by atoms with van der Waals surface area (Å²) in [5.74, 6) is -1.86. The molecule has 96 valence electrons.